The third-order valence-electron chi connectivity index (χ3n) is 5.67. The largest absolute Gasteiger partial charge is 0.497 e. The Morgan fingerprint density at radius 2 is 1.96 bits per heavy atom. The third kappa shape index (κ3) is 4.02. The topological polar surface area (TPSA) is 39.2 Å². The molecule has 1 N–H and O–H groups in total. The molecule has 0 amide bonds. The van der Waals surface area contributed by atoms with Gasteiger partial charge in [0.1, 0.15) is 5.75 Å². The first kappa shape index (κ1) is 17.5. The molecule has 0 saturated carbocycles. The molecule has 1 atom stereocenters. The van der Waals surface area contributed by atoms with Crippen LogP contribution in [0.25, 0.3) is 0 Å². The van der Waals surface area contributed by atoms with Crippen LogP contribution >= 0.6 is 0 Å². The molecule has 24 heavy (non-hydrogen) atoms. The molecular weight excluding hydrogens is 302 g/mol. The van der Waals surface area contributed by atoms with E-state index in [4.69, 9.17) is 4.74 Å². The quantitative estimate of drug-likeness (QED) is 0.887. The van der Waals surface area contributed by atoms with Crippen LogP contribution in [0.3, 0.4) is 0 Å². The SMILES string of the molecule is COc1cccc(N2CCC(N3CCN(C)[C@H](CCO)C3)CC2)c1. The van der Waals surface area contributed by atoms with Gasteiger partial charge in [-0.25, -0.2) is 0 Å². The van der Waals surface area contributed by atoms with Gasteiger partial charge in [0.05, 0.1) is 7.11 Å². The molecule has 3 rings (SSSR count). The highest BCUT2D eigenvalue weighted by atomic mass is 16.5. The van der Waals surface area contributed by atoms with Gasteiger partial charge in [-0.1, -0.05) is 6.07 Å². The first-order chi connectivity index (χ1) is 11.7. The lowest BCUT2D eigenvalue weighted by molar-refractivity contribution is 0.0446. The zero-order valence-electron chi connectivity index (χ0n) is 15.0. The van der Waals surface area contributed by atoms with Crippen molar-refractivity contribution in [3.05, 3.63) is 24.3 Å². The number of ether oxygens (including phenoxy) is 1. The van der Waals surface area contributed by atoms with Crippen molar-refractivity contribution in [1.82, 2.24) is 9.80 Å². The molecule has 0 aromatic heterocycles. The van der Waals surface area contributed by atoms with Gasteiger partial charge in [-0.3, -0.25) is 4.90 Å². The van der Waals surface area contributed by atoms with Crippen LogP contribution in [0.1, 0.15) is 19.3 Å². The van der Waals surface area contributed by atoms with Gasteiger partial charge in [-0.05, 0) is 38.4 Å². The van der Waals surface area contributed by atoms with Crippen LogP contribution in [0, 0.1) is 0 Å². The number of piperidine rings is 1. The van der Waals surface area contributed by atoms with E-state index in [0.29, 0.717) is 12.1 Å². The van der Waals surface area contributed by atoms with Crippen molar-refractivity contribution >= 4 is 5.69 Å². The van der Waals surface area contributed by atoms with Crippen LogP contribution in [0.2, 0.25) is 0 Å². The predicted molar refractivity (Wildman–Crippen MR) is 97.9 cm³/mol. The highest BCUT2D eigenvalue weighted by molar-refractivity contribution is 5.51. The second-order valence-corrected chi connectivity index (χ2v) is 7.06. The first-order valence-corrected chi connectivity index (χ1v) is 9.15. The molecule has 1 aromatic rings. The van der Waals surface area contributed by atoms with E-state index in [0.717, 1.165) is 44.9 Å². The second-order valence-electron chi connectivity index (χ2n) is 7.06. The predicted octanol–water partition coefficient (Wildman–Crippen LogP) is 1.66. The van der Waals surface area contributed by atoms with Crippen molar-refractivity contribution in [2.75, 3.05) is 58.4 Å². The van der Waals surface area contributed by atoms with E-state index in [-0.39, 0.29) is 6.61 Å². The van der Waals surface area contributed by atoms with E-state index in [1.165, 1.54) is 18.5 Å². The fourth-order valence-corrected chi connectivity index (χ4v) is 4.06. The minimum absolute atomic E-state index is 0.289. The number of hydrogen-bond donors (Lipinski definition) is 1. The maximum absolute atomic E-state index is 9.27. The molecule has 0 radical (unpaired) electrons. The van der Waals surface area contributed by atoms with Crippen molar-refractivity contribution in [2.24, 2.45) is 0 Å². The van der Waals surface area contributed by atoms with Gasteiger partial charge in [0.2, 0.25) is 0 Å². The average Bonchev–Trinajstić information content (AvgIpc) is 2.64. The molecule has 0 spiro atoms. The summed E-state index contributed by atoms with van der Waals surface area (Å²) in [5.74, 6) is 0.931. The van der Waals surface area contributed by atoms with E-state index < -0.39 is 0 Å². The van der Waals surface area contributed by atoms with Crippen LogP contribution in [-0.4, -0.2) is 80.5 Å². The van der Waals surface area contributed by atoms with Crippen molar-refractivity contribution in [3.8, 4) is 5.75 Å². The summed E-state index contributed by atoms with van der Waals surface area (Å²) in [5.41, 5.74) is 1.27. The molecule has 2 saturated heterocycles. The van der Waals surface area contributed by atoms with Crippen LogP contribution in [0.5, 0.6) is 5.75 Å². The molecule has 2 aliphatic rings. The van der Waals surface area contributed by atoms with Gasteiger partial charge in [-0.15, -0.1) is 0 Å². The highest BCUT2D eigenvalue weighted by Crippen LogP contribution is 2.26. The van der Waals surface area contributed by atoms with E-state index in [1.807, 2.05) is 6.07 Å². The summed E-state index contributed by atoms with van der Waals surface area (Å²) >= 11 is 0. The zero-order valence-corrected chi connectivity index (χ0v) is 15.0. The highest BCUT2D eigenvalue weighted by Gasteiger charge is 2.30. The number of aliphatic hydroxyl groups excluding tert-OH is 1. The van der Waals surface area contributed by atoms with Crippen molar-refractivity contribution in [1.29, 1.82) is 0 Å². The number of rotatable bonds is 5. The van der Waals surface area contributed by atoms with E-state index in [1.54, 1.807) is 7.11 Å². The number of hydrogen-bond acceptors (Lipinski definition) is 5. The Labute approximate surface area is 145 Å². The lowest BCUT2D eigenvalue weighted by Gasteiger charge is -2.45. The minimum Gasteiger partial charge on any atom is -0.497 e. The number of benzene rings is 1. The summed E-state index contributed by atoms with van der Waals surface area (Å²) in [6, 6.07) is 9.56. The van der Waals surface area contributed by atoms with Crippen LogP contribution in [0.15, 0.2) is 24.3 Å². The third-order valence-corrected chi connectivity index (χ3v) is 5.67. The summed E-state index contributed by atoms with van der Waals surface area (Å²) in [4.78, 5) is 7.53. The smallest absolute Gasteiger partial charge is 0.120 e. The number of aliphatic hydroxyl groups is 1. The molecule has 0 unspecified atom stereocenters. The van der Waals surface area contributed by atoms with Crippen LogP contribution in [-0.2, 0) is 0 Å². The Balaban J connectivity index is 1.55. The van der Waals surface area contributed by atoms with Gasteiger partial charge in [0, 0.05) is 63.2 Å². The Kier molecular flexibility index (Phi) is 5.98. The molecule has 1 aromatic carbocycles. The second kappa shape index (κ2) is 8.19. The van der Waals surface area contributed by atoms with E-state index >= 15 is 0 Å². The zero-order chi connectivity index (χ0) is 16.9. The van der Waals surface area contributed by atoms with E-state index in [9.17, 15) is 5.11 Å². The normalized spacial score (nSPS) is 24.3. The van der Waals surface area contributed by atoms with E-state index in [2.05, 4.69) is 39.9 Å². The maximum Gasteiger partial charge on any atom is 0.120 e. The fourth-order valence-electron chi connectivity index (χ4n) is 4.06. The Hall–Kier alpha value is -1.30. The molecule has 134 valence electrons. The van der Waals surface area contributed by atoms with Gasteiger partial charge in [0.25, 0.3) is 0 Å². The maximum atomic E-state index is 9.27. The van der Waals surface area contributed by atoms with Crippen molar-refractivity contribution < 1.29 is 9.84 Å². The van der Waals surface area contributed by atoms with Gasteiger partial charge >= 0.3 is 0 Å². The molecular formula is C19H31N3O2. The van der Waals surface area contributed by atoms with Gasteiger partial charge in [-0.2, -0.15) is 0 Å². The number of anilines is 1. The summed E-state index contributed by atoms with van der Waals surface area (Å²) in [6.07, 6.45) is 3.31. The summed E-state index contributed by atoms with van der Waals surface area (Å²) < 4.78 is 5.35. The molecule has 0 aliphatic carbocycles. The summed E-state index contributed by atoms with van der Waals surface area (Å²) in [6.45, 7) is 5.87. The number of piperazine rings is 1. The Bertz CT molecular complexity index is 517. The van der Waals surface area contributed by atoms with Crippen LogP contribution in [0.4, 0.5) is 5.69 Å². The first-order valence-electron chi connectivity index (χ1n) is 9.15. The molecule has 2 heterocycles. The van der Waals surface area contributed by atoms with Gasteiger partial charge < -0.3 is 19.6 Å². The molecule has 2 aliphatic heterocycles. The summed E-state index contributed by atoms with van der Waals surface area (Å²) in [5, 5.41) is 9.27. The monoisotopic (exact) mass is 333 g/mol. The van der Waals surface area contributed by atoms with Gasteiger partial charge in [0.15, 0.2) is 0 Å². The fraction of sp³-hybridized carbons (Fsp3) is 0.684. The molecule has 5 nitrogen and oxygen atoms in total. The number of methoxy groups -OCH3 is 1. The minimum atomic E-state index is 0.289. The number of nitrogens with zero attached hydrogens (tertiary/aromatic N) is 3. The standard InChI is InChI=1S/C19H31N3O2/c1-20-11-12-22(15-18(20)8-13-23)16-6-9-21(10-7-16)17-4-3-5-19(14-17)24-2/h3-5,14,16,18,23H,6-13,15H2,1-2H3/t18-/m1/s1. The summed E-state index contributed by atoms with van der Waals surface area (Å²) in [7, 11) is 3.91. The lowest BCUT2D eigenvalue weighted by Crippen LogP contribution is -2.56. The average molecular weight is 333 g/mol. The Morgan fingerprint density at radius 1 is 1.17 bits per heavy atom. The molecule has 2 fully saturated rings. The molecule has 0 bridgehead atoms. The number of likely N-dealkylation sites (N-methyl/N-ethyl adjacent to an activating group) is 1. The molecule has 5 heteroatoms. The Morgan fingerprint density at radius 3 is 2.67 bits per heavy atom. The van der Waals surface area contributed by atoms with Crippen molar-refractivity contribution in [2.45, 2.75) is 31.3 Å². The van der Waals surface area contributed by atoms with Crippen molar-refractivity contribution in [3.63, 3.8) is 0 Å². The lowest BCUT2D eigenvalue weighted by atomic mass is 9.99. The van der Waals surface area contributed by atoms with Crippen LogP contribution < -0.4 is 9.64 Å².